The molecule has 0 aromatic heterocycles. The Morgan fingerprint density at radius 3 is 2.25 bits per heavy atom. The van der Waals surface area contributed by atoms with Gasteiger partial charge < -0.3 is 4.74 Å². The molecule has 24 heavy (non-hydrogen) atoms. The molecule has 3 rings (SSSR count). The smallest absolute Gasteiger partial charge is 0.119 e. The quantitative estimate of drug-likeness (QED) is 0.433. The maximum atomic E-state index is 6.53. The molecule has 0 aliphatic heterocycles. The number of rotatable bonds is 5. The van der Waals surface area contributed by atoms with Crippen molar-refractivity contribution in [2.75, 3.05) is 6.61 Å². The van der Waals surface area contributed by atoms with Gasteiger partial charge in [-0.2, -0.15) is 0 Å². The summed E-state index contributed by atoms with van der Waals surface area (Å²) in [6.07, 6.45) is 0. The summed E-state index contributed by atoms with van der Waals surface area (Å²) in [5.74, 6) is 0.959. The Balaban J connectivity index is 2.10. The van der Waals surface area contributed by atoms with Crippen LogP contribution in [-0.4, -0.2) is 6.61 Å². The molecule has 0 aliphatic carbocycles. The van der Waals surface area contributed by atoms with Gasteiger partial charge in [-0.1, -0.05) is 70.0 Å². The predicted octanol–water partition coefficient (Wildman–Crippen LogP) is 6.68. The third kappa shape index (κ3) is 3.82. The monoisotopic (exact) mass is 400 g/mol. The molecule has 3 aromatic carbocycles. The van der Waals surface area contributed by atoms with Crippen molar-refractivity contribution in [1.29, 1.82) is 0 Å². The highest BCUT2D eigenvalue weighted by Crippen LogP contribution is 2.37. The van der Waals surface area contributed by atoms with E-state index in [-0.39, 0.29) is 5.92 Å². The largest absolute Gasteiger partial charge is 0.494 e. The number of halogens is 2. The van der Waals surface area contributed by atoms with Crippen molar-refractivity contribution in [2.24, 2.45) is 0 Å². The van der Waals surface area contributed by atoms with Crippen LogP contribution in [0.2, 0.25) is 5.02 Å². The molecule has 1 nitrogen and oxygen atoms in total. The van der Waals surface area contributed by atoms with Crippen molar-refractivity contribution in [1.82, 2.24) is 0 Å². The topological polar surface area (TPSA) is 9.23 Å². The number of benzene rings is 3. The summed E-state index contributed by atoms with van der Waals surface area (Å²) in [5, 5.41) is 0.765. The molecule has 0 saturated heterocycles. The van der Waals surface area contributed by atoms with Gasteiger partial charge >= 0.3 is 0 Å². The highest BCUT2D eigenvalue weighted by Gasteiger charge is 2.19. The van der Waals surface area contributed by atoms with E-state index < -0.39 is 0 Å². The molecular weight excluding hydrogens is 384 g/mol. The van der Waals surface area contributed by atoms with Crippen LogP contribution >= 0.6 is 27.5 Å². The van der Waals surface area contributed by atoms with Crippen LogP contribution in [0.4, 0.5) is 0 Å². The molecule has 0 spiro atoms. The maximum Gasteiger partial charge on any atom is 0.119 e. The molecule has 3 aromatic rings. The summed E-state index contributed by atoms with van der Waals surface area (Å²) < 4.78 is 6.58. The fraction of sp³-hybridized carbons (Fsp3) is 0.143. The maximum absolute atomic E-state index is 6.53. The van der Waals surface area contributed by atoms with Crippen LogP contribution < -0.4 is 4.74 Å². The van der Waals surface area contributed by atoms with Crippen molar-refractivity contribution in [3.8, 4) is 5.75 Å². The summed E-state index contributed by atoms with van der Waals surface area (Å²) in [6.45, 7) is 2.65. The molecule has 0 N–H and O–H groups in total. The zero-order valence-corrected chi connectivity index (χ0v) is 15.7. The minimum Gasteiger partial charge on any atom is -0.494 e. The fourth-order valence-corrected chi connectivity index (χ4v) is 3.46. The molecule has 0 saturated carbocycles. The Morgan fingerprint density at radius 1 is 0.917 bits per heavy atom. The molecule has 122 valence electrons. The van der Waals surface area contributed by atoms with Crippen molar-refractivity contribution in [3.63, 3.8) is 0 Å². The average Bonchev–Trinajstić information content (AvgIpc) is 2.61. The van der Waals surface area contributed by atoms with Crippen LogP contribution in [0.3, 0.4) is 0 Å². The van der Waals surface area contributed by atoms with Crippen molar-refractivity contribution >= 4 is 27.5 Å². The van der Waals surface area contributed by atoms with Gasteiger partial charge in [0.25, 0.3) is 0 Å². The molecule has 0 amide bonds. The molecule has 1 unspecified atom stereocenters. The summed E-state index contributed by atoms with van der Waals surface area (Å²) in [5.41, 5.74) is 3.48. The van der Waals surface area contributed by atoms with E-state index in [0.29, 0.717) is 6.61 Å². The lowest BCUT2D eigenvalue weighted by molar-refractivity contribution is 0.340. The zero-order chi connectivity index (χ0) is 16.9. The Kier molecular flexibility index (Phi) is 5.60. The third-order valence-corrected chi connectivity index (χ3v) is 4.76. The molecule has 0 fully saturated rings. The lowest BCUT2D eigenvalue weighted by atomic mass is 9.85. The molecule has 1 atom stereocenters. The average molecular weight is 402 g/mol. The molecular formula is C21H18BrClO. The van der Waals surface area contributed by atoms with Gasteiger partial charge in [-0.3, -0.25) is 0 Å². The van der Waals surface area contributed by atoms with E-state index in [9.17, 15) is 0 Å². The SMILES string of the molecule is CCOc1ccc(C(c2ccccc2)c2cc(Br)ccc2Cl)cc1. The second kappa shape index (κ2) is 7.87. The van der Waals surface area contributed by atoms with Gasteiger partial charge in [0.2, 0.25) is 0 Å². The molecule has 0 heterocycles. The van der Waals surface area contributed by atoms with Crippen LogP contribution in [-0.2, 0) is 0 Å². The number of hydrogen-bond donors (Lipinski definition) is 0. The third-order valence-electron chi connectivity index (χ3n) is 3.93. The predicted molar refractivity (Wildman–Crippen MR) is 104 cm³/mol. The van der Waals surface area contributed by atoms with E-state index in [0.717, 1.165) is 20.8 Å². The first kappa shape index (κ1) is 17.1. The van der Waals surface area contributed by atoms with E-state index in [4.69, 9.17) is 16.3 Å². The lowest BCUT2D eigenvalue weighted by Gasteiger charge is -2.21. The van der Waals surface area contributed by atoms with E-state index in [2.05, 4.69) is 58.4 Å². The van der Waals surface area contributed by atoms with Crippen LogP contribution in [0.15, 0.2) is 77.3 Å². The second-order valence-corrected chi connectivity index (χ2v) is 6.83. The van der Waals surface area contributed by atoms with E-state index in [1.54, 1.807) is 0 Å². The highest BCUT2D eigenvalue weighted by molar-refractivity contribution is 9.10. The zero-order valence-electron chi connectivity index (χ0n) is 13.4. The van der Waals surface area contributed by atoms with Crippen LogP contribution in [0.5, 0.6) is 5.75 Å². The van der Waals surface area contributed by atoms with Gasteiger partial charge in [0.05, 0.1) is 6.61 Å². The van der Waals surface area contributed by atoms with Gasteiger partial charge in [-0.15, -0.1) is 0 Å². The Labute approximate surface area is 156 Å². The fourth-order valence-electron chi connectivity index (χ4n) is 2.86. The van der Waals surface area contributed by atoms with Gasteiger partial charge in [0.15, 0.2) is 0 Å². The van der Waals surface area contributed by atoms with E-state index >= 15 is 0 Å². The highest BCUT2D eigenvalue weighted by atomic mass is 79.9. The normalized spacial score (nSPS) is 12.0. The van der Waals surface area contributed by atoms with E-state index in [1.807, 2.05) is 37.3 Å². The van der Waals surface area contributed by atoms with Gasteiger partial charge in [0.1, 0.15) is 5.75 Å². The minimum absolute atomic E-state index is 0.0758. The van der Waals surface area contributed by atoms with Crippen LogP contribution in [0.1, 0.15) is 29.5 Å². The van der Waals surface area contributed by atoms with Gasteiger partial charge in [-0.25, -0.2) is 0 Å². The molecule has 3 heteroatoms. The first-order valence-corrected chi connectivity index (χ1v) is 9.08. The molecule has 0 radical (unpaired) electrons. The second-order valence-electron chi connectivity index (χ2n) is 5.51. The Hall–Kier alpha value is -1.77. The van der Waals surface area contributed by atoms with Crippen molar-refractivity contribution in [3.05, 3.63) is 99.0 Å². The summed E-state index contributed by atoms with van der Waals surface area (Å²) in [6, 6.07) is 24.7. The first-order valence-electron chi connectivity index (χ1n) is 7.91. The van der Waals surface area contributed by atoms with Crippen LogP contribution in [0, 0.1) is 0 Å². The first-order chi connectivity index (χ1) is 11.7. The minimum atomic E-state index is 0.0758. The van der Waals surface area contributed by atoms with Gasteiger partial charge in [-0.05, 0) is 53.9 Å². The van der Waals surface area contributed by atoms with E-state index in [1.165, 1.54) is 11.1 Å². The number of ether oxygens (including phenoxy) is 1. The number of hydrogen-bond acceptors (Lipinski definition) is 1. The van der Waals surface area contributed by atoms with Crippen molar-refractivity contribution in [2.45, 2.75) is 12.8 Å². The summed E-state index contributed by atoms with van der Waals surface area (Å²) in [4.78, 5) is 0. The van der Waals surface area contributed by atoms with Crippen LogP contribution in [0.25, 0.3) is 0 Å². The molecule has 0 bridgehead atoms. The molecule has 0 aliphatic rings. The standard InChI is InChI=1S/C21H18BrClO/c1-2-24-18-11-8-16(9-12-18)21(15-6-4-3-5-7-15)19-14-17(22)10-13-20(19)23/h3-14,21H,2H2,1H3. The Bertz CT molecular complexity index is 800. The lowest BCUT2D eigenvalue weighted by Crippen LogP contribution is -2.04. The van der Waals surface area contributed by atoms with Gasteiger partial charge in [0, 0.05) is 15.4 Å². The summed E-state index contributed by atoms with van der Waals surface area (Å²) >= 11 is 10.1. The summed E-state index contributed by atoms with van der Waals surface area (Å²) in [7, 11) is 0. The Morgan fingerprint density at radius 2 is 1.58 bits per heavy atom. The van der Waals surface area contributed by atoms with Crippen molar-refractivity contribution < 1.29 is 4.74 Å².